The van der Waals surface area contributed by atoms with Crippen LogP contribution in [0.4, 0.5) is 4.79 Å². The molecular formula is C8H13NO4. The Morgan fingerprint density at radius 3 is 3.00 bits per heavy atom. The number of carboxylic acids is 1. The van der Waals surface area contributed by atoms with Crippen LogP contribution in [0.2, 0.25) is 0 Å². The van der Waals surface area contributed by atoms with Gasteiger partial charge in [0.15, 0.2) is 0 Å². The first kappa shape index (κ1) is 9.83. The highest BCUT2D eigenvalue weighted by molar-refractivity contribution is 5.71. The molecule has 0 aromatic rings. The fraction of sp³-hybridized carbons (Fsp3) is 0.750. The minimum atomic E-state index is -0.897. The van der Waals surface area contributed by atoms with Gasteiger partial charge in [0.2, 0.25) is 0 Å². The van der Waals surface area contributed by atoms with E-state index in [1.807, 2.05) is 0 Å². The van der Waals surface area contributed by atoms with Crippen LogP contribution in [-0.2, 0) is 9.53 Å². The molecule has 0 aliphatic carbocycles. The lowest BCUT2D eigenvalue weighted by atomic mass is 10.2. The van der Waals surface area contributed by atoms with E-state index in [2.05, 4.69) is 0 Å². The fourth-order valence-electron chi connectivity index (χ4n) is 1.33. The Hall–Kier alpha value is -1.26. The third-order valence-electron chi connectivity index (χ3n) is 2.01. The molecule has 0 saturated carbocycles. The highest BCUT2D eigenvalue weighted by atomic mass is 16.6. The lowest BCUT2D eigenvalue weighted by Gasteiger charge is -2.30. The standard InChI is InChI=1S/C8H13NO4/c1-6(5-7(10)11)9-3-2-4-13-8(9)12/h6H,2-5H2,1H3,(H,10,11). The van der Waals surface area contributed by atoms with E-state index in [0.29, 0.717) is 13.2 Å². The molecule has 13 heavy (non-hydrogen) atoms. The number of hydrogen-bond donors (Lipinski definition) is 1. The molecule has 0 radical (unpaired) electrons. The summed E-state index contributed by atoms with van der Waals surface area (Å²) in [6, 6.07) is -0.287. The van der Waals surface area contributed by atoms with Gasteiger partial charge in [-0.15, -0.1) is 0 Å². The number of hydrogen-bond acceptors (Lipinski definition) is 3. The second kappa shape index (κ2) is 4.11. The highest BCUT2D eigenvalue weighted by Crippen LogP contribution is 2.11. The number of ether oxygens (including phenoxy) is 1. The number of carbonyl (C=O) groups excluding carboxylic acids is 1. The number of amides is 1. The normalized spacial score (nSPS) is 19.5. The molecule has 0 spiro atoms. The summed E-state index contributed by atoms with van der Waals surface area (Å²) in [4.78, 5) is 23.0. The van der Waals surface area contributed by atoms with Crippen molar-refractivity contribution in [1.82, 2.24) is 4.90 Å². The lowest BCUT2D eigenvalue weighted by Crippen LogP contribution is -2.44. The van der Waals surface area contributed by atoms with Gasteiger partial charge in [-0.1, -0.05) is 0 Å². The van der Waals surface area contributed by atoms with E-state index in [0.717, 1.165) is 6.42 Å². The van der Waals surface area contributed by atoms with Crippen molar-refractivity contribution in [3.05, 3.63) is 0 Å². The van der Waals surface area contributed by atoms with Crippen molar-refractivity contribution in [2.45, 2.75) is 25.8 Å². The molecule has 1 aliphatic heterocycles. The summed E-state index contributed by atoms with van der Waals surface area (Å²) in [6.07, 6.45) is 0.338. The van der Waals surface area contributed by atoms with Crippen molar-refractivity contribution in [3.63, 3.8) is 0 Å². The Balaban J connectivity index is 2.48. The van der Waals surface area contributed by atoms with E-state index in [9.17, 15) is 9.59 Å². The Bertz CT molecular complexity index is 216. The van der Waals surface area contributed by atoms with Crippen LogP contribution in [0.5, 0.6) is 0 Å². The molecule has 0 aromatic heterocycles. The number of nitrogens with zero attached hydrogens (tertiary/aromatic N) is 1. The summed E-state index contributed by atoms with van der Waals surface area (Å²) < 4.78 is 4.79. The van der Waals surface area contributed by atoms with Crippen LogP contribution in [0.15, 0.2) is 0 Å². The summed E-state index contributed by atoms with van der Waals surface area (Å²) in [7, 11) is 0. The van der Waals surface area contributed by atoms with Crippen molar-refractivity contribution in [2.75, 3.05) is 13.2 Å². The number of carboxylic acid groups (broad SMARTS) is 1. The highest BCUT2D eigenvalue weighted by Gasteiger charge is 2.25. The Morgan fingerprint density at radius 1 is 1.77 bits per heavy atom. The molecule has 1 heterocycles. The van der Waals surface area contributed by atoms with Crippen molar-refractivity contribution >= 4 is 12.1 Å². The first-order chi connectivity index (χ1) is 6.11. The maximum absolute atomic E-state index is 11.1. The van der Waals surface area contributed by atoms with Crippen LogP contribution < -0.4 is 0 Å². The summed E-state index contributed by atoms with van der Waals surface area (Å²) in [5.41, 5.74) is 0. The second-order valence-corrected chi connectivity index (χ2v) is 3.11. The molecule has 0 aromatic carbocycles. The maximum atomic E-state index is 11.1. The van der Waals surface area contributed by atoms with E-state index in [4.69, 9.17) is 9.84 Å². The largest absolute Gasteiger partial charge is 0.481 e. The molecule has 1 saturated heterocycles. The van der Waals surface area contributed by atoms with Crippen LogP contribution in [0.1, 0.15) is 19.8 Å². The van der Waals surface area contributed by atoms with Gasteiger partial charge in [-0.25, -0.2) is 4.79 Å². The van der Waals surface area contributed by atoms with Gasteiger partial charge in [0.1, 0.15) is 0 Å². The van der Waals surface area contributed by atoms with Gasteiger partial charge in [-0.05, 0) is 13.3 Å². The van der Waals surface area contributed by atoms with Gasteiger partial charge < -0.3 is 14.7 Å². The molecule has 1 N–H and O–H groups in total. The van der Waals surface area contributed by atoms with Crippen LogP contribution in [0.3, 0.4) is 0 Å². The third kappa shape index (κ3) is 2.61. The zero-order valence-electron chi connectivity index (χ0n) is 7.52. The van der Waals surface area contributed by atoms with Crippen molar-refractivity contribution in [2.24, 2.45) is 0 Å². The number of carbonyl (C=O) groups is 2. The lowest BCUT2D eigenvalue weighted by molar-refractivity contribution is -0.138. The van der Waals surface area contributed by atoms with E-state index < -0.39 is 12.1 Å². The monoisotopic (exact) mass is 187 g/mol. The fourth-order valence-corrected chi connectivity index (χ4v) is 1.33. The molecule has 1 aliphatic rings. The van der Waals surface area contributed by atoms with Crippen molar-refractivity contribution in [1.29, 1.82) is 0 Å². The van der Waals surface area contributed by atoms with Crippen LogP contribution in [0.25, 0.3) is 0 Å². The molecule has 1 fully saturated rings. The van der Waals surface area contributed by atoms with Gasteiger partial charge >= 0.3 is 12.1 Å². The average Bonchev–Trinajstić information content (AvgIpc) is 2.03. The number of rotatable bonds is 3. The molecule has 5 nitrogen and oxygen atoms in total. The van der Waals surface area contributed by atoms with Gasteiger partial charge in [-0.3, -0.25) is 4.79 Å². The predicted octanol–water partition coefficient (Wildman–Crippen LogP) is 0.692. The molecule has 1 amide bonds. The van der Waals surface area contributed by atoms with Crippen LogP contribution in [-0.4, -0.2) is 41.3 Å². The quantitative estimate of drug-likeness (QED) is 0.706. The Kier molecular flexibility index (Phi) is 3.11. The van der Waals surface area contributed by atoms with Gasteiger partial charge in [-0.2, -0.15) is 0 Å². The summed E-state index contributed by atoms with van der Waals surface area (Å²) in [5, 5.41) is 8.52. The molecular weight excluding hydrogens is 174 g/mol. The summed E-state index contributed by atoms with van der Waals surface area (Å²) in [6.45, 7) is 2.74. The first-order valence-corrected chi connectivity index (χ1v) is 4.26. The van der Waals surface area contributed by atoms with Crippen LogP contribution in [0, 0.1) is 0 Å². The summed E-state index contributed by atoms with van der Waals surface area (Å²) in [5.74, 6) is -0.897. The minimum Gasteiger partial charge on any atom is -0.481 e. The molecule has 1 unspecified atom stereocenters. The predicted molar refractivity (Wildman–Crippen MR) is 44.4 cm³/mol. The Morgan fingerprint density at radius 2 is 2.46 bits per heavy atom. The minimum absolute atomic E-state index is 0.0326. The molecule has 0 bridgehead atoms. The topological polar surface area (TPSA) is 66.8 Å². The van der Waals surface area contributed by atoms with Crippen LogP contribution >= 0.6 is 0 Å². The zero-order valence-corrected chi connectivity index (χ0v) is 7.52. The molecule has 74 valence electrons. The molecule has 5 heteroatoms. The second-order valence-electron chi connectivity index (χ2n) is 3.11. The SMILES string of the molecule is CC(CC(=O)O)N1CCCOC1=O. The third-order valence-corrected chi connectivity index (χ3v) is 2.01. The smallest absolute Gasteiger partial charge is 0.410 e. The summed E-state index contributed by atoms with van der Waals surface area (Å²) >= 11 is 0. The molecule has 1 atom stereocenters. The number of cyclic esters (lactones) is 1. The van der Waals surface area contributed by atoms with Gasteiger partial charge in [0, 0.05) is 12.6 Å². The van der Waals surface area contributed by atoms with Gasteiger partial charge in [0.25, 0.3) is 0 Å². The van der Waals surface area contributed by atoms with E-state index in [1.54, 1.807) is 6.92 Å². The zero-order chi connectivity index (χ0) is 9.84. The van der Waals surface area contributed by atoms with E-state index >= 15 is 0 Å². The van der Waals surface area contributed by atoms with Crippen molar-refractivity contribution < 1.29 is 19.4 Å². The Labute approximate surface area is 76.3 Å². The van der Waals surface area contributed by atoms with E-state index in [1.165, 1.54) is 4.90 Å². The maximum Gasteiger partial charge on any atom is 0.410 e. The van der Waals surface area contributed by atoms with E-state index in [-0.39, 0.29) is 12.5 Å². The van der Waals surface area contributed by atoms with Gasteiger partial charge in [0.05, 0.1) is 13.0 Å². The van der Waals surface area contributed by atoms with Crippen molar-refractivity contribution in [3.8, 4) is 0 Å². The molecule has 1 rings (SSSR count). The average molecular weight is 187 g/mol. The first-order valence-electron chi connectivity index (χ1n) is 4.26. The number of aliphatic carboxylic acids is 1.